The van der Waals surface area contributed by atoms with Gasteiger partial charge in [-0.25, -0.2) is 9.59 Å². The summed E-state index contributed by atoms with van der Waals surface area (Å²) in [6, 6.07) is 9.63. The summed E-state index contributed by atoms with van der Waals surface area (Å²) in [6.07, 6.45) is 4.91. The van der Waals surface area contributed by atoms with Crippen molar-refractivity contribution in [2.24, 2.45) is 0 Å². The average molecular weight is 402 g/mol. The fraction of sp³-hybridized carbons (Fsp3) is 0.211. The summed E-state index contributed by atoms with van der Waals surface area (Å²) in [5.74, 6) is -1.18. The number of hydrogen-bond acceptors (Lipinski definition) is 8. The van der Waals surface area contributed by atoms with Crippen molar-refractivity contribution in [2.75, 3.05) is 18.6 Å². The molecule has 2 rings (SSSR count). The highest BCUT2D eigenvalue weighted by molar-refractivity contribution is 7.98. The molecule has 8 heteroatoms. The first-order valence-corrected chi connectivity index (χ1v) is 10.0. The molecule has 1 heterocycles. The Hall–Kier alpha value is -2.76. The Morgan fingerprint density at radius 3 is 2.59 bits per heavy atom. The normalized spacial score (nSPS) is 10.6. The summed E-state index contributed by atoms with van der Waals surface area (Å²) in [4.78, 5) is 25.3. The quantitative estimate of drug-likeness (QED) is 0.426. The summed E-state index contributed by atoms with van der Waals surface area (Å²) < 4.78 is 10.1. The number of anilines is 1. The van der Waals surface area contributed by atoms with Crippen molar-refractivity contribution >= 4 is 46.1 Å². The van der Waals surface area contributed by atoms with E-state index in [1.807, 2.05) is 36.6 Å². The van der Waals surface area contributed by atoms with Crippen LogP contribution in [0.2, 0.25) is 0 Å². The molecular formula is C19H18N2O4S2. The lowest BCUT2D eigenvalue weighted by molar-refractivity contribution is -0.138. The summed E-state index contributed by atoms with van der Waals surface area (Å²) >= 11 is 2.58. The standard InChI is InChI=1S/C19H18N2O4S2/c1-3-24-19(23)17-15(14(10-20)18(21)27-17)11-25-16(22)9-6-12-4-7-13(26-2)8-5-12/h4-9H,3,11,21H2,1-2H3/b9-6+. The third kappa shape index (κ3) is 5.36. The SMILES string of the molecule is CCOC(=O)c1sc(N)c(C#N)c1COC(=O)/C=C/c1ccc(SC)cc1. The Kier molecular flexibility index (Phi) is 7.46. The number of ether oxygens (including phenoxy) is 2. The number of benzene rings is 1. The van der Waals surface area contributed by atoms with Crippen molar-refractivity contribution in [1.29, 1.82) is 5.26 Å². The van der Waals surface area contributed by atoms with Gasteiger partial charge < -0.3 is 15.2 Å². The van der Waals surface area contributed by atoms with E-state index in [1.54, 1.807) is 24.8 Å². The van der Waals surface area contributed by atoms with Gasteiger partial charge in [-0.3, -0.25) is 0 Å². The van der Waals surface area contributed by atoms with E-state index in [9.17, 15) is 14.9 Å². The van der Waals surface area contributed by atoms with Crippen LogP contribution in [0, 0.1) is 11.3 Å². The lowest BCUT2D eigenvalue weighted by atomic mass is 10.1. The lowest BCUT2D eigenvalue weighted by Crippen LogP contribution is -2.08. The number of esters is 2. The minimum Gasteiger partial charge on any atom is -0.462 e. The number of carbonyl (C=O) groups excluding carboxylic acids is 2. The fourth-order valence-electron chi connectivity index (χ4n) is 2.18. The molecule has 0 aliphatic heterocycles. The predicted molar refractivity (Wildman–Crippen MR) is 106 cm³/mol. The highest BCUT2D eigenvalue weighted by atomic mass is 32.2. The number of thiophene rings is 1. The number of nitrogens with two attached hydrogens (primary N) is 1. The molecule has 140 valence electrons. The van der Waals surface area contributed by atoms with Crippen LogP contribution in [-0.4, -0.2) is 24.8 Å². The van der Waals surface area contributed by atoms with Crippen LogP contribution in [0.15, 0.2) is 35.2 Å². The van der Waals surface area contributed by atoms with E-state index in [2.05, 4.69) is 0 Å². The Labute approximate surface area is 165 Å². The Morgan fingerprint density at radius 1 is 1.30 bits per heavy atom. The van der Waals surface area contributed by atoms with Gasteiger partial charge in [0.25, 0.3) is 0 Å². The van der Waals surface area contributed by atoms with Crippen LogP contribution in [0.4, 0.5) is 5.00 Å². The van der Waals surface area contributed by atoms with E-state index < -0.39 is 11.9 Å². The van der Waals surface area contributed by atoms with Crippen LogP contribution in [0.3, 0.4) is 0 Å². The molecule has 2 N–H and O–H groups in total. The van der Waals surface area contributed by atoms with E-state index in [-0.39, 0.29) is 34.2 Å². The number of nitrogen functional groups attached to an aromatic ring is 1. The number of carbonyl (C=O) groups is 2. The molecule has 0 atom stereocenters. The third-order valence-electron chi connectivity index (χ3n) is 3.49. The molecule has 0 amide bonds. The molecule has 0 unspecified atom stereocenters. The largest absolute Gasteiger partial charge is 0.462 e. The molecule has 0 spiro atoms. The molecule has 0 bridgehead atoms. The van der Waals surface area contributed by atoms with Gasteiger partial charge in [-0.15, -0.1) is 23.1 Å². The van der Waals surface area contributed by atoms with Gasteiger partial charge in [0, 0.05) is 16.5 Å². The monoisotopic (exact) mass is 402 g/mol. The Morgan fingerprint density at radius 2 is 2.00 bits per heavy atom. The second-order valence-corrected chi connectivity index (χ2v) is 7.13. The molecule has 0 saturated heterocycles. The van der Waals surface area contributed by atoms with E-state index in [0.29, 0.717) is 0 Å². The molecule has 2 aromatic rings. The summed E-state index contributed by atoms with van der Waals surface area (Å²) in [5, 5.41) is 9.44. The third-order valence-corrected chi connectivity index (χ3v) is 5.28. The molecule has 0 saturated carbocycles. The number of nitriles is 1. The average Bonchev–Trinajstić information content (AvgIpc) is 3.00. The van der Waals surface area contributed by atoms with E-state index in [0.717, 1.165) is 21.8 Å². The van der Waals surface area contributed by atoms with Crippen LogP contribution < -0.4 is 5.73 Å². The van der Waals surface area contributed by atoms with Gasteiger partial charge in [-0.2, -0.15) is 5.26 Å². The smallest absolute Gasteiger partial charge is 0.348 e. The highest BCUT2D eigenvalue weighted by Gasteiger charge is 2.23. The van der Waals surface area contributed by atoms with E-state index in [4.69, 9.17) is 15.2 Å². The van der Waals surface area contributed by atoms with Gasteiger partial charge in [0.15, 0.2) is 0 Å². The second-order valence-electron chi connectivity index (χ2n) is 5.20. The number of thioether (sulfide) groups is 1. The van der Waals surface area contributed by atoms with Crippen LogP contribution in [0.5, 0.6) is 0 Å². The minimum absolute atomic E-state index is 0.132. The van der Waals surface area contributed by atoms with Gasteiger partial charge >= 0.3 is 11.9 Å². The zero-order chi connectivity index (χ0) is 19.8. The van der Waals surface area contributed by atoms with Crippen LogP contribution >= 0.6 is 23.1 Å². The van der Waals surface area contributed by atoms with E-state index in [1.165, 1.54) is 6.08 Å². The maximum Gasteiger partial charge on any atom is 0.348 e. The van der Waals surface area contributed by atoms with Gasteiger partial charge in [0.1, 0.15) is 22.6 Å². The topological polar surface area (TPSA) is 102 Å². The van der Waals surface area contributed by atoms with Crippen LogP contribution in [0.1, 0.15) is 33.3 Å². The van der Waals surface area contributed by atoms with Crippen LogP contribution in [0.25, 0.3) is 6.08 Å². The Balaban J connectivity index is 2.08. The highest BCUT2D eigenvalue weighted by Crippen LogP contribution is 2.31. The van der Waals surface area contributed by atoms with Crippen molar-refractivity contribution in [1.82, 2.24) is 0 Å². The van der Waals surface area contributed by atoms with Gasteiger partial charge in [-0.1, -0.05) is 12.1 Å². The zero-order valence-electron chi connectivity index (χ0n) is 14.9. The van der Waals surface area contributed by atoms with Crippen LogP contribution in [-0.2, 0) is 20.9 Å². The molecular weight excluding hydrogens is 384 g/mol. The maximum atomic E-state index is 12.0. The molecule has 6 nitrogen and oxygen atoms in total. The summed E-state index contributed by atoms with van der Waals surface area (Å²) in [7, 11) is 0. The molecule has 0 aliphatic rings. The number of nitrogens with zero attached hydrogens (tertiary/aromatic N) is 1. The lowest BCUT2D eigenvalue weighted by Gasteiger charge is -2.05. The summed E-state index contributed by atoms with van der Waals surface area (Å²) in [5.41, 5.74) is 7.04. The summed E-state index contributed by atoms with van der Waals surface area (Å²) in [6.45, 7) is 1.63. The molecule has 0 fully saturated rings. The second kappa shape index (κ2) is 9.80. The molecule has 0 aliphatic carbocycles. The van der Waals surface area contributed by atoms with Gasteiger partial charge in [0.05, 0.1) is 12.2 Å². The first-order valence-electron chi connectivity index (χ1n) is 7.97. The molecule has 0 radical (unpaired) electrons. The van der Waals surface area contributed by atoms with E-state index >= 15 is 0 Å². The zero-order valence-corrected chi connectivity index (χ0v) is 16.5. The molecule has 27 heavy (non-hydrogen) atoms. The minimum atomic E-state index is -0.592. The van der Waals surface area contributed by atoms with Gasteiger partial charge in [0.2, 0.25) is 0 Å². The first kappa shape index (κ1) is 20.6. The maximum absolute atomic E-state index is 12.0. The van der Waals surface area contributed by atoms with Crippen molar-refractivity contribution < 1.29 is 19.1 Å². The number of rotatable bonds is 7. The van der Waals surface area contributed by atoms with Crippen molar-refractivity contribution in [3.8, 4) is 6.07 Å². The number of hydrogen-bond donors (Lipinski definition) is 1. The van der Waals surface area contributed by atoms with Crippen molar-refractivity contribution in [3.63, 3.8) is 0 Å². The Bertz CT molecular complexity index is 896. The first-order chi connectivity index (χ1) is 13.0. The molecule has 1 aromatic heterocycles. The molecule has 1 aromatic carbocycles. The predicted octanol–water partition coefficient (Wildman–Crippen LogP) is 3.86. The van der Waals surface area contributed by atoms with Crippen molar-refractivity contribution in [3.05, 3.63) is 51.9 Å². The fourth-order valence-corrected chi connectivity index (χ4v) is 3.50. The van der Waals surface area contributed by atoms with Gasteiger partial charge in [-0.05, 0) is 37.0 Å². The van der Waals surface area contributed by atoms with Crippen molar-refractivity contribution in [2.45, 2.75) is 18.4 Å².